The maximum atomic E-state index is 6.39. The van der Waals surface area contributed by atoms with Crippen molar-refractivity contribution in [1.29, 1.82) is 0 Å². The highest BCUT2D eigenvalue weighted by molar-refractivity contribution is 9.10. The van der Waals surface area contributed by atoms with Gasteiger partial charge in [-0.3, -0.25) is 4.98 Å². The van der Waals surface area contributed by atoms with E-state index < -0.39 is 0 Å². The largest absolute Gasteiger partial charge is 0.384 e. The molecular formula is C15H15BrCl2N2. The van der Waals surface area contributed by atoms with Crippen LogP contribution in [0.15, 0.2) is 10.5 Å². The molecule has 20 heavy (non-hydrogen) atoms. The van der Waals surface area contributed by atoms with Crippen molar-refractivity contribution in [2.75, 3.05) is 11.9 Å². The molecule has 0 atom stereocenters. The Labute approximate surface area is 137 Å². The Morgan fingerprint density at radius 3 is 2.85 bits per heavy atom. The van der Waals surface area contributed by atoms with Crippen molar-refractivity contribution >= 4 is 55.7 Å². The zero-order chi connectivity index (χ0) is 14.3. The second-order valence-corrected chi connectivity index (χ2v) is 6.69. The third-order valence-electron chi connectivity index (χ3n) is 3.69. The van der Waals surface area contributed by atoms with Gasteiger partial charge < -0.3 is 5.32 Å². The van der Waals surface area contributed by atoms with Crippen LogP contribution in [0.1, 0.15) is 31.0 Å². The summed E-state index contributed by atoms with van der Waals surface area (Å²) in [6, 6.07) is 2.02. The SMILES string of the molecule is CCCNc1c2c(nc3c(Cl)c(Cl)c(Br)cc13)CCC2. The van der Waals surface area contributed by atoms with Gasteiger partial charge in [-0.2, -0.15) is 0 Å². The number of nitrogens with zero attached hydrogens (tertiary/aromatic N) is 1. The van der Waals surface area contributed by atoms with Gasteiger partial charge in [0.1, 0.15) is 0 Å². The van der Waals surface area contributed by atoms with E-state index in [1.54, 1.807) is 0 Å². The van der Waals surface area contributed by atoms with Crippen LogP contribution in [0.3, 0.4) is 0 Å². The molecule has 0 aliphatic heterocycles. The molecule has 106 valence electrons. The molecule has 5 heteroatoms. The van der Waals surface area contributed by atoms with Crippen LogP contribution in [0.25, 0.3) is 10.9 Å². The van der Waals surface area contributed by atoms with E-state index in [0.717, 1.165) is 53.3 Å². The van der Waals surface area contributed by atoms with Gasteiger partial charge in [-0.15, -0.1) is 0 Å². The van der Waals surface area contributed by atoms with Gasteiger partial charge >= 0.3 is 0 Å². The minimum absolute atomic E-state index is 0.533. The molecule has 1 aromatic carbocycles. The fourth-order valence-corrected chi connectivity index (χ4v) is 3.69. The second-order valence-electron chi connectivity index (χ2n) is 5.07. The highest BCUT2D eigenvalue weighted by atomic mass is 79.9. The normalized spacial score (nSPS) is 13.8. The molecule has 2 aromatic rings. The Balaban J connectivity index is 2.32. The Hall–Kier alpha value is -0.510. The summed E-state index contributed by atoms with van der Waals surface area (Å²) >= 11 is 16.1. The molecule has 1 aromatic heterocycles. The number of halogens is 3. The van der Waals surface area contributed by atoms with Crippen LogP contribution in [0.5, 0.6) is 0 Å². The van der Waals surface area contributed by atoms with Gasteiger partial charge in [-0.25, -0.2) is 0 Å². The van der Waals surface area contributed by atoms with Gasteiger partial charge in [0.05, 0.1) is 15.6 Å². The van der Waals surface area contributed by atoms with E-state index in [0.29, 0.717) is 10.0 Å². The maximum Gasteiger partial charge on any atom is 0.0928 e. The first-order valence-electron chi connectivity index (χ1n) is 6.86. The maximum absolute atomic E-state index is 6.39. The topological polar surface area (TPSA) is 24.9 Å². The first-order valence-corrected chi connectivity index (χ1v) is 8.41. The second kappa shape index (κ2) is 5.70. The van der Waals surface area contributed by atoms with Crippen molar-refractivity contribution in [3.8, 4) is 0 Å². The van der Waals surface area contributed by atoms with E-state index in [4.69, 9.17) is 28.2 Å². The lowest BCUT2D eigenvalue weighted by Crippen LogP contribution is -2.05. The van der Waals surface area contributed by atoms with Crippen LogP contribution in [0.2, 0.25) is 10.0 Å². The number of aromatic nitrogens is 1. The molecule has 2 nitrogen and oxygen atoms in total. The highest BCUT2D eigenvalue weighted by Crippen LogP contribution is 2.42. The fourth-order valence-electron chi connectivity index (χ4n) is 2.76. The standard InChI is InChI=1S/C15H15BrCl2N2/c1-2-6-19-14-8-4-3-5-11(8)20-15-9(14)7-10(16)12(17)13(15)18/h7H,2-6H2,1H3,(H,19,20). The Kier molecular flexibility index (Phi) is 4.11. The summed E-state index contributed by atoms with van der Waals surface area (Å²) in [5.41, 5.74) is 4.50. The summed E-state index contributed by atoms with van der Waals surface area (Å²) in [6.07, 6.45) is 4.35. The highest BCUT2D eigenvalue weighted by Gasteiger charge is 2.22. The third kappa shape index (κ3) is 2.30. The zero-order valence-electron chi connectivity index (χ0n) is 11.2. The van der Waals surface area contributed by atoms with E-state index in [9.17, 15) is 0 Å². The minimum atomic E-state index is 0.533. The average molecular weight is 374 g/mol. The molecule has 0 fully saturated rings. The molecule has 1 N–H and O–H groups in total. The van der Waals surface area contributed by atoms with Crippen molar-refractivity contribution in [3.63, 3.8) is 0 Å². The van der Waals surface area contributed by atoms with Crippen LogP contribution >= 0.6 is 39.1 Å². The quantitative estimate of drug-likeness (QED) is 0.706. The molecule has 1 aliphatic rings. The Morgan fingerprint density at radius 2 is 2.10 bits per heavy atom. The van der Waals surface area contributed by atoms with Gasteiger partial charge in [0, 0.05) is 27.8 Å². The molecule has 0 saturated heterocycles. The van der Waals surface area contributed by atoms with Crippen molar-refractivity contribution < 1.29 is 0 Å². The molecule has 0 radical (unpaired) electrons. The van der Waals surface area contributed by atoms with Gasteiger partial charge in [0.15, 0.2) is 0 Å². The molecule has 3 rings (SSSR count). The number of anilines is 1. The number of nitrogens with one attached hydrogen (secondary N) is 1. The number of rotatable bonds is 3. The van der Waals surface area contributed by atoms with Gasteiger partial charge in [0.25, 0.3) is 0 Å². The van der Waals surface area contributed by atoms with E-state index in [2.05, 4.69) is 28.2 Å². The average Bonchev–Trinajstić information content (AvgIpc) is 2.90. The van der Waals surface area contributed by atoms with Crippen molar-refractivity contribution in [2.24, 2.45) is 0 Å². The Bertz CT molecular complexity index is 686. The van der Waals surface area contributed by atoms with Crippen molar-refractivity contribution in [1.82, 2.24) is 4.98 Å². The Morgan fingerprint density at radius 1 is 1.30 bits per heavy atom. The summed E-state index contributed by atoms with van der Waals surface area (Å²) < 4.78 is 0.816. The van der Waals surface area contributed by atoms with Gasteiger partial charge in [-0.1, -0.05) is 30.1 Å². The van der Waals surface area contributed by atoms with Crippen molar-refractivity contribution in [2.45, 2.75) is 32.6 Å². The van der Waals surface area contributed by atoms with Crippen LogP contribution in [-0.2, 0) is 12.8 Å². The van der Waals surface area contributed by atoms with Crippen LogP contribution in [-0.4, -0.2) is 11.5 Å². The number of aryl methyl sites for hydroxylation is 1. The third-order valence-corrected chi connectivity index (χ3v) is 5.41. The number of pyridine rings is 1. The molecule has 0 spiro atoms. The lowest BCUT2D eigenvalue weighted by molar-refractivity contribution is 0.900. The van der Waals surface area contributed by atoms with E-state index in [1.165, 1.54) is 11.3 Å². The van der Waals surface area contributed by atoms with E-state index >= 15 is 0 Å². The van der Waals surface area contributed by atoms with Gasteiger partial charge in [-0.05, 0) is 53.2 Å². The molecule has 1 heterocycles. The molecular weight excluding hydrogens is 359 g/mol. The number of fused-ring (bicyclic) bond motifs is 2. The number of hydrogen-bond donors (Lipinski definition) is 1. The van der Waals surface area contributed by atoms with E-state index in [1.807, 2.05) is 6.07 Å². The molecule has 0 saturated carbocycles. The minimum Gasteiger partial charge on any atom is -0.384 e. The summed E-state index contributed by atoms with van der Waals surface area (Å²) in [5.74, 6) is 0. The smallest absolute Gasteiger partial charge is 0.0928 e. The molecule has 0 unspecified atom stereocenters. The lowest BCUT2D eigenvalue weighted by Gasteiger charge is -2.16. The fraction of sp³-hybridized carbons (Fsp3) is 0.400. The molecule has 1 aliphatic carbocycles. The molecule has 0 amide bonds. The van der Waals surface area contributed by atoms with Crippen molar-refractivity contribution in [3.05, 3.63) is 31.8 Å². The zero-order valence-corrected chi connectivity index (χ0v) is 14.3. The summed E-state index contributed by atoms with van der Waals surface area (Å²) in [7, 11) is 0. The predicted molar refractivity (Wildman–Crippen MR) is 90.3 cm³/mol. The van der Waals surface area contributed by atoms with Crippen LogP contribution < -0.4 is 5.32 Å². The van der Waals surface area contributed by atoms with Gasteiger partial charge in [0.2, 0.25) is 0 Å². The summed E-state index contributed by atoms with van der Waals surface area (Å²) in [4.78, 5) is 4.75. The monoisotopic (exact) mass is 372 g/mol. The first-order chi connectivity index (χ1) is 9.63. The van der Waals surface area contributed by atoms with Crippen LogP contribution in [0.4, 0.5) is 5.69 Å². The number of benzene rings is 1. The first kappa shape index (κ1) is 14.4. The predicted octanol–water partition coefficient (Wildman–Crippen LogP) is 5.61. The molecule has 0 bridgehead atoms. The lowest BCUT2D eigenvalue weighted by atomic mass is 10.1. The van der Waals surface area contributed by atoms with E-state index in [-0.39, 0.29) is 0 Å². The van der Waals surface area contributed by atoms with Crippen LogP contribution in [0, 0.1) is 0 Å². The summed E-state index contributed by atoms with van der Waals surface area (Å²) in [5, 5.41) is 5.67. The summed E-state index contributed by atoms with van der Waals surface area (Å²) in [6.45, 7) is 3.11. The number of hydrogen-bond acceptors (Lipinski definition) is 2.